The Bertz CT molecular complexity index is 655. The molecular formula is C23H35N3O3. The van der Waals surface area contributed by atoms with E-state index in [0.29, 0.717) is 6.04 Å². The molecule has 0 aromatic heterocycles. The van der Waals surface area contributed by atoms with E-state index in [1.807, 2.05) is 4.90 Å². The van der Waals surface area contributed by atoms with Crippen LogP contribution in [0.15, 0.2) is 30.3 Å². The molecule has 3 aliphatic heterocycles. The maximum Gasteiger partial charge on any atom is 0.410 e. The van der Waals surface area contributed by atoms with Crippen LogP contribution in [0.5, 0.6) is 0 Å². The molecule has 0 radical (unpaired) electrons. The third-order valence-electron chi connectivity index (χ3n) is 6.78. The summed E-state index contributed by atoms with van der Waals surface area (Å²) >= 11 is 0. The van der Waals surface area contributed by atoms with Crippen molar-refractivity contribution in [2.45, 2.75) is 43.7 Å². The van der Waals surface area contributed by atoms with E-state index in [-0.39, 0.29) is 11.7 Å². The van der Waals surface area contributed by atoms with E-state index in [0.717, 1.165) is 78.2 Å². The van der Waals surface area contributed by atoms with Crippen molar-refractivity contribution in [3.63, 3.8) is 0 Å². The van der Waals surface area contributed by atoms with Gasteiger partial charge in [0.2, 0.25) is 0 Å². The predicted molar refractivity (Wildman–Crippen MR) is 113 cm³/mol. The first kappa shape index (κ1) is 20.6. The molecule has 1 aromatic rings. The molecule has 1 atom stereocenters. The number of carbonyl (C=O) groups is 1. The second-order valence-corrected chi connectivity index (χ2v) is 8.92. The molecule has 29 heavy (non-hydrogen) atoms. The SMILES string of the molecule is CN(CCc1ccccc1)CCN1CC2(CCN(C3CCCOC3)CC2)OC1=O. The molecule has 1 spiro atoms. The van der Waals surface area contributed by atoms with Crippen LogP contribution < -0.4 is 0 Å². The first-order valence-corrected chi connectivity index (χ1v) is 11.2. The summed E-state index contributed by atoms with van der Waals surface area (Å²) in [6, 6.07) is 11.1. The van der Waals surface area contributed by atoms with Crippen LogP contribution in [-0.2, 0) is 15.9 Å². The van der Waals surface area contributed by atoms with E-state index in [1.54, 1.807) is 0 Å². The summed E-state index contributed by atoms with van der Waals surface area (Å²) < 4.78 is 11.6. The molecule has 3 fully saturated rings. The van der Waals surface area contributed by atoms with E-state index in [9.17, 15) is 4.79 Å². The van der Waals surface area contributed by atoms with Crippen molar-refractivity contribution in [3.05, 3.63) is 35.9 Å². The highest BCUT2D eigenvalue weighted by atomic mass is 16.6. The van der Waals surface area contributed by atoms with Crippen molar-refractivity contribution in [1.29, 1.82) is 0 Å². The Hall–Kier alpha value is -1.63. The van der Waals surface area contributed by atoms with E-state index in [4.69, 9.17) is 9.47 Å². The van der Waals surface area contributed by atoms with Gasteiger partial charge in [-0.15, -0.1) is 0 Å². The molecule has 0 aliphatic carbocycles. The van der Waals surface area contributed by atoms with Crippen molar-refractivity contribution in [2.24, 2.45) is 0 Å². The van der Waals surface area contributed by atoms with E-state index >= 15 is 0 Å². The first-order chi connectivity index (χ1) is 14.1. The summed E-state index contributed by atoms with van der Waals surface area (Å²) in [4.78, 5) is 19.2. The smallest absolute Gasteiger partial charge is 0.410 e. The minimum Gasteiger partial charge on any atom is -0.441 e. The molecule has 1 aromatic carbocycles. The average Bonchev–Trinajstić information content (AvgIpc) is 3.07. The number of rotatable bonds is 7. The summed E-state index contributed by atoms with van der Waals surface area (Å²) in [7, 11) is 2.13. The summed E-state index contributed by atoms with van der Waals surface area (Å²) in [6.45, 7) is 7.13. The standard InChI is InChI=1S/C23H35N3O3/c1-24(12-9-20-6-3-2-4-7-20)15-16-26-19-23(29-22(26)27)10-13-25(14-11-23)21-8-5-17-28-18-21/h2-4,6-7,21H,5,8-19H2,1H3. The summed E-state index contributed by atoms with van der Waals surface area (Å²) in [6.07, 6.45) is 5.18. The zero-order valence-electron chi connectivity index (χ0n) is 17.7. The monoisotopic (exact) mass is 401 g/mol. The highest BCUT2D eigenvalue weighted by molar-refractivity contribution is 5.70. The van der Waals surface area contributed by atoms with E-state index in [2.05, 4.69) is 47.2 Å². The lowest BCUT2D eigenvalue weighted by atomic mass is 9.90. The van der Waals surface area contributed by atoms with Gasteiger partial charge in [-0.1, -0.05) is 30.3 Å². The lowest BCUT2D eigenvalue weighted by Gasteiger charge is -2.42. The number of carbonyl (C=O) groups excluding carboxylic acids is 1. The largest absolute Gasteiger partial charge is 0.441 e. The molecule has 6 nitrogen and oxygen atoms in total. The fourth-order valence-corrected chi connectivity index (χ4v) is 4.80. The third kappa shape index (κ3) is 5.30. The van der Waals surface area contributed by atoms with Crippen molar-refractivity contribution in [3.8, 4) is 0 Å². The maximum atomic E-state index is 12.5. The second kappa shape index (κ2) is 9.45. The first-order valence-electron chi connectivity index (χ1n) is 11.2. The van der Waals surface area contributed by atoms with Gasteiger partial charge in [-0.25, -0.2) is 4.79 Å². The van der Waals surface area contributed by atoms with E-state index in [1.165, 1.54) is 12.0 Å². The van der Waals surface area contributed by atoms with Gasteiger partial charge >= 0.3 is 6.09 Å². The van der Waals surface area contributed by atoms with Crippen molar-refractivity contribution < 1.29 is 14.3 Å². The zero-order valence-corrected chi connectivity index (χ0v) is 17.7. The number of nitrogens with zero attached hydrogens (tertiary/aromatic N) is 3. The Morgan fingerprint density at radius 2 is 1.97 bits per heavy atom. The molecular weight excluding hydrogens is 366 g/mol. The van der Waals surface area contributed by atoms with Gasteiger partial charge in [0, 0.05) is 58.2 Å². The molecule has 1 unspecified atom stereocenters. The van der Waals surface area contributed by atoms with Crippen molar-refractivity contribution >= 4 is 6.09 Å². The molecule has 3 saturated heterocycles. The number of hydrogen-bond donors (Lipinski definition) is 0. The molecule has 3 aliphatic rings. The Kier molecular flexibility index (Phi) is 6.73. The zero-order chi connectivity index (χ0) is 20.1. The number of likely N-dealkylation sites (N-methyl/N-ethyl adjacent to an activating group) is 1. The number of piperidine rings is 1. The number of amides is 1. The second-order valence-electron chi connectivity index (χ2n) is 8.92. The number of benzene rings is 1. The van der Waals surface area contributed by atoms with Crippen LogP contribution in [-0.4, -0.2) is 92.0 Å². The molecule has 160 valence electrons. The molecule has 6 heteroatoms. The normalized spacial score (nSPS) is 25.0. The minimum absolute atomic E-state index is 0.129. The van der Waals surface area contributed by atoms with Gasteiger partial charge in [0.05, 0.1) is 13.2 Å². The molecule has 3 heterocycles. The molecule has 0 N–H and O–H groups in total. The average molecular weight is 402 g/mol. The Balaban J connectivity index is 1.20. The van der Waals surface area contributed by atoms with Crippen molar-refractivity contribution in [1.82, 2.24) is 14.7 Å². The summed E-state index contributed by atoms with van der Waals surface area (Å²) in [5, 5.41) is 0. The van der Waals surface area contributed by atoms with Crippen LogP contribution in [0.25, 0.3) is 0 Å². The van der Waals surface area contributed by atoms with Crippen LogP contribution in [0.1, 0.15) is 31.2 Å². The van der Waals surface area contributed by atoms with Gasteiger partial charge < -0.3 is 19.3 Å². The molecule has 0 bridgehead atoms. The van der Waals surface area contributed by atoms with Crippen molar-refractivity contribution in [2.75, 3.05) is 59.5 Å². The third-order valence-corrected chi connectivity index (χ3v) is 6.78. The van der Waals surface area contributed by atoms with Gasteiger partial charge in [-0.05, 0) is 31.9 Å². The molecule has 1 amide bonds. The number of hydrogen-bond acceptors (Lipinski definition) is 5. The molecule has 0 saturated carbocycles. The van der Waals surface area contributed by atoms with E-state index < -0.39 is 0 Å². The lowest BCUT2D eigenvalue weighted by molar-refractivity contribution is -0.0389. The van der Waals surface area contributed by atoms with Gasteiger partial charge in [0.25, 0.3) is 0 Å². The Labute approximate surface area is 174 Å². The Morgan fingerprint density at radius 3 is 2.69 bits per heavy atom. The highest BCUT2D eigenvalue weighted by Gasteiger charge is 2.47. The predicted octanol–water partition coefficient (Wildman–Crippen LogP) is 2.63. The van der Waals surface area contributed by atoms with Crippen LogP contribution in [0.4, 0.5) is 4.79 Å². The fraction of sp³-hybridized carbons (Fsp3) is 0.696. The fourth-order valence-electron chi connectivity index (χ4n) is 4.80. The summed E-state index contributed by atoms with van der Waals surface area (Å²) in [5.74, 6) is 0. The number of likely N-dealkylation sites (tertiary alicyclic amines) is 1. The highest BCUT2D eigenvalue weighted by Crippen LogP contribution is 2.34. The van der Waals surface area contributed by atoms with Crippen LogP contribution in [0.3, 0.4) is 0 Å². The molecule has 4 rings (SSSR count). The summed E-state index contributed by atoms with van der Waals surface area (Å²) in [5.41, 5.74) is 1.08. The van der Waals surface area contributed by atoms with Crippen LogP contribution in [0, 0.1) is 0 Å². The van der Waals surface area contributed by atoms with Crippen LogP contribution in [0.2, 0.25) is 0 Å². The van der Waals surface area contributed by atoms with Gasteiger partial charge in [0.15, 0.2) is 0 Å². The number of ether oxygens (including phenoxy) is 2. The Morgan fingerprint density at radius 1 is 1.17 bits per heavy atom. The van der Waals surface area contributed by atoms with Gasteiger partial charge in [-0.3, -0.25) is 4.90 Å². The lowest BCUT2D eigenvalue weighted by Crippen LogP contribution is -2.52. The topological polar surface area (TPSA) is 45.2 Å². The van der Waals surface area contributed by atoms with Crippen LogP contribution >= 0.6 is 0 Å². The van der Waals surface area contributed by atoms with Gasteiger partial charge in [0.1, 0.15) is 5.60 Å². The quantitative estimate of drug-likeness (QED) is 0.703. The maximum absolute atomic E-state index is 12.5. The van der Waals surface area contributed by atoms with Gasteiger partial charge in [-0.2, -0.15) is 0 Å². The minimum atomic E-state index is -0.272.